The van der Waals surface area contributed by atoms with Gasteiger partial charge >= 0.3 is 11.9 Å². The second kappa shape index (κ2) is 18.7. The number of nitrogens with zero attached hydrogens (tertiary/aromatic N) is 1. The zero-order chi connectivity index (χ0) is 38.6. The number of ether oxygens (including phenoxy) is 5. The third kappa shape index (κ3) is 13.8. The first-order chi connectivity index (χ1) is 24.3. The summed E-state index contributed by atoms with van der Waals surface area (Å²) in [5, 5.41) is 23.9. The summed E-state index contributed by atoms with van der Waals surface area (Å²) in [4.78, 5) is 72.8. The van der Waals surface area contributed by atoms with Crippen LogP contribution in [0.25, 0.3) is 0 Å². The molecule has 0 aromatic heterocycles. The van der Waals surface area contributed by atoms with Crippen LogP contribution < -0.4 is 20.1 Å². The van der Waals surface area contributed by atoms with Gasteiger partial charge in [-0.15, -0.1) is 0 Å². The fourth-order valence-corrected chi connectivity index (χ4v) is 5.33. The number of imide groups is 1. The van der Waals surface area contributed by atoms with Crippen LogP contribution in [0.2, 0.25) is 0 Å². The molecule has 0 spiro atoms. The maximum absolute atomic E-state index is 12.6. The van der Waals surface area contributed by atoms with Crippen LogP contribution in [0.15, 0.2) is 30.4 Å². The molecule has 2 aliphatic heterocycles. The predicted octanol–water partition coefficient (Wildman–Crippen LogP) is -0.695. The summed E-state index contributed by atoms with van der Waals surface area (Å²) in [6.07, 6.45) is -1.68. The predicted molar refractivity (Wildman–Crippen MR) is 176 cm³/mol. The summed E-state index contributed by atoms with van der Waals surface area (Å²) in [6, 6.07) is 2.90. The molecule has 1 aromatic carbocycles. The van der Waals surface area contributed by atoms with Gasteiger partial charge in [0.1, 0.15) is 36.5 Å². The van der Waals surface area contributed by atoms with Crippen molar-refractivity contribution >= 4 is 45.7 Å². The zero-order valence-corrected chi connectivity index (χ0v) is 29.6. The maximum Gasteiger partial charge on any atom is 0.333 e. The lowest BCUT2D eigenvalue weighted by Crippen LogP contribution is -2.51. The molecule has 4 unspecified atom stereocenters. The quantitative estimate of drug-likeness (QED) is 0.0505. The average Bonchev–Trinajstić information content (AvgIpc) is 3.36. The zero-order valence-electron chi connectivity index (χ0n) is 28.8. The Balaban J connectivity index is 1.51. The highest BCUT2D eigenvalue weighted by atomic mass is 32.2. The number of hydrogen-bond acceptors (Lipinski definition) is 14. The van der Waals surface area contributed by atoms with Crippen LogP contribution in [0.1, 0.15) is 45.6 Å². The van der Waals surface area contributed by atoms with E-state index >= 15 is 0 Å². The monoisotopic (exact) mass is 757 g/mol. The number of benzene rings is 1. The Labute approximate surface area is 299 Å². The Kier molecular flexibility index (Phi) is 15.1. The van der Waals surface area contributed by atoms with Crippen molar-refractivity contribution in [2.24, 2.45) is 5.41 Å². The number of carbonyl (C=O) groups excluding carboxylic acids is 5. The number of carboxylic acids is 1. The van der Waals surface area contributed by atoms with Crippen LogP contribution in [0.3, 0.4) is 0 Å². The first-order valence-electron chi connectivity index (χ1n) is 16.1. The van der Waals surface area contributed by atoms with Gasteiger partial charge in [-0.1, -0.05) is 0 Å². The molecule has 0 saturated carbocycles. The molecule has 0 bridgehead atoms. The lowest BCUT2D eigenvalue weighted by molar-refractivity contribution is -0.195. The molecule has 19 nitrogen and oxygen atoms in total. The van der Waals surface area contributed by atoms with Crippen molar-refractivity contribution in [2.45, 2.75) is 71.2 Å². The molecule has 2 aliphatic rings. The standard InChI is InChI=1S/C32H43N3O16S/c1-32(2,3)31(43)49-17-19-4-5-21(50-28-15-20(36)14-24(51-28)30(41)42)16-23(19)48-13-12-47-11-9-33-29(40)22(18-52(44,45)46)34-25(37)8-10-35-26(38)6-7-27(35)39/h4-7,16,20,22,24,28,36H,8-15,17-18H2,1-3H3,(H,33,40)(H,34,37)(H,41,42)(H,44,45,46). The van der Waals surface area contributed by atoms with Gasteiger partial charge in [0, 0.05) is 56.1 Å². The highest BCUT2D eigenvalue weighted by Crippen LogP contribution is 2.30. The first-order valence-corrected chi connectivity index (χ1v) is 17.7. The molecule has 2 heterocycles. The Morgan fingerprint density at radius 3 is 2.38 bits per heavy atom. The first kappa shape index (κ1) is 41.8. The van der Waals surface area contributed by atoms with Crippen molar-refractivity contribution in [2.75, 3.05) is 38.7 Å². The van der Waals surface area contributed by atoms with Gasteiger partial charge in [0.05, 0.1) is 24.7 Å². The summed E-state index contributed by atoms with van der Waals surface area (Å²) in [5.74, 6) is -5.41. The molecule has 1 aromatic rings. The van der Waals surface area contributed by atoms with E-state index in [-0.39, 0.29) is 63.9 Å². The highest BCUT2D eigenvalue weighted by molar-refractivity contribution is 7.85. The highest BCUT2D eigenvalue weighted by Gasteiger charge is 2.34. The lowest BCUT2D eigenvalue weighted by Gasteiger charge is -2.31. The Morgan fingerprint density at radius 1 is 1.06 bits per heavy atom. The van der Waals surface area contributed by atoms with Crippen LogP contribution in [0.4, 0.5) is 0 Å². The maximum atomic E-state index is 12.6. The van der Waals surface area contributed by atoms with Gasteiger partial charge in [-0.25, -0.2) is 4.79 Å². The molecular weight excluding hydrogens is 714 g/mol. The fourth-order valence-electron chi connectivity index (χ4n) is 4.68. The number of aliphatic hydroxyl groups is 1. The van der Waals surface area contributed by atoms with Crippen LogP contribution in [-0.4, -0.2) is 127 Å². The van der Waals surface area contributed by atoms with Gasteiger partial charge in [0.2, 0.25) is 18.1 Å². The van der Waals surface area contributed by atoms with Gasteiger partial charge in [0.15, 0.2) is 6.10 Å². The van der Waals surface area contributed by atoms with Crippen LogP contribution >= 0.6 is 0 Å². The second-order valence-electron chi connectivity index (χ2n) is 12.8. The molecular formula is C32H43N3O16S. The molecule has 1 fully saturated rings. The minimum atomic E-state index is -4.70. The Morgan fingerprint density at radius 2 is 1.75 bits per heavy atom. The van der Waals surface area contributed by atoms with Gasteiger partial charge in [0.25, 0.3) is 21.9 Å². The molecule has 3 rings (SSSR count). The number of hydrogen-bond donors (Lipinski definition) is 5. The van der Waals surface area contributed by atoms with E-state index in [1.165, 1.54) is 12.1 Å². The molecule has 4 atom stereocenters. The molecule has 4 amide bonds. The third-order valence-electron chi connectivity index (χ3n) is 7.34. The minimum Gasteiger partial charge on any atom is -0.491 e. The van der Waals surface area contributed by atoms with Crippen molar-refractivity contribution in [1.29, 1.82) is 0 Å². The summed E-state index contributed by atoms with van der Waals surface area (Å²) < 4.78 is 60.1. The van der Waals surface area contributed by atoms with Crippen molar-refractivity contribution in [3.8, 4) is 11.5 Å². The van der Waals surface area contributed by atoms with E-state index < -0.39 is 87.8 Å². The minimum absolute atomic E-state index is 0.0195. The van der Waals surface area contributed by atoms with E-state index in [2.05, 4.69) is 10.6 Å². The number of amides is 4. The fraction of sp³-hybridized carbons (Fsp3) is 0.562. The van der Waals surface area contributed by atoms with Crippen molar-refractivity contribution in [3.63, 3.8) is 0 Å². The number of esters is 1. The second-order valence-corrected chi connectivity index (χ2v) is 14.3. The van der Waals surface area contributed by atoms with Crippen molar-refractivity contribution in [3.05, 3.63) is 35.9 Å². The normalized spacial score (nSPS) is 19.6. The Hall–Kier alpha value is -4.63. The molecule has 20 heteroatoms. The van der Waals surface area contributed by atoms with E-state index in [0.29, 0.717) is 5.56 Å². The lowest BCUT2D eigenvalue weighted by atomic mass is 9.97. The van der Waals surface area contributed by atoms with E-state index in [0.717, 1.165) is 17.1 Å². The number of carbonyl (C=O) groups is 6. The summed E-state index contributed by atoms with van der Waals surface area (Å²) in [6.45, 7) is 4.34. The van der Waals surface area contributed by atoms with Gasteiger partial charge in [-0.05, 0) is 32.9 Å². The smallest absolute Gasteiger partial charge is 0.333 e. The van der Waals surface area contributed by atoms with Gasteiger partial charge in [-0.2, -0.15) is 8.42 Å². The van der Waals surface area contributed by atoms with E-state index in [9.17, 15) is 52.0 Å². The van der Waals surface area contributed by atoms with Gasteiger partial charge in [-0.3, -0.25) is 33.4 Å². The van der Waals surface area contributed by atoms with E-state index in [1.807, 2.05) is 0 Å². The number of aliphatic hydroxyl groups excluding tert-OH is 1. The molecule has 0 aliphatic carbocycles. The molecule has 0 radical (unpaired) electrons. The number of rotatable bonds is 19. The van der Waals surface area contributed by atoms with Crippen LogP contribution in [-0.2, 0) is 59.7 Å². The largest absolute Gasteiger partial charge is 0.491 e. The van der Waals surface area contributed by atoms with Crippen molar-refractivity contribution in [1.82, 2.24) is 15.5 Å². The number of carboxylic acid groups (broad SMARTS) is 1. The summed E-state index contributed by atoms with van der Waals surface area (Å²) in [5.41, 5.74) is -0.299. The third-order valence-corrected chi connectivity index (χ3v) is 8.10. The molecule has 1 saturated heterocycles. The number of nitrogens with one attached hydrogen (secondary N) is 2. The average molecular weight is 758 g/mol. The topological polar surface area (TPSA) is 271 Å². The summed E-state index contributed by atoms with van der Waals surface area (Å²) >= 11 is 0. The van der Waals surface area contributed by atoms with Crippen LogP contribution in [0.5, 0.6) is 11.5 Å². The Bertz CT molecular complexity index is 1610. The van der Waals surface area contributed by atoms with E-state index in [1.54, 1.807) is 26.8 Å². The van der Waals surface area contributed by atoms with Crippen molar-refractivity contribution < 1.29 is 75.6 Å². The molecule has 52 heavy (non-hydrogen) atoms. The molecule has 5 N–H and O–H groups in total. The summed E-state index contributed by atoms with van der Waals surface area (Å²) in [7, 11) is -4.70. The SMILES string of the molecule is CC(C)(C)C(=O)OCc1ccc(OC2CC(O)CC(C(=O)O)O2)cc1OCCOCCNC(=O)C(CS(=O)(=O)O)NC(=O)CCN1C(=O)C=CC1=O. The van der Waals surface area contributed by atoms with Crippen LogP contribution in [0, 0.1) is 5.41 Å². The van der Waals surface area contributed by atoms with E-state index in [4.69, 9.17) is 23.7 Å². The number of aliphatic carboxylic acids is 1. The molecule has 288 valence electrons. The van der Waals surface area contributed by atoms with Gasteiger partial charge < -0.3 is 44.5 Å².